The van der Waals surface area contributed by atoms with E-state index in [2.05, 4.69) is 5.32 Å². The van der Waals surface area contributed by atoms with E-state index in [0.29, 0.717) is 10.6 Å². The van der Waals surface area contributed by atoms with Gasteiger partial charge in [-0.3, -0.25) is 4.79 Å². The molecule has 0 aliphatic rings. The number of halogens is 1. The first-order valence-electron chi connectivity index (χ1n) is 4.78. The molecule has 2 rings (SSSR count). The first-order valence-corrected chi connectivity index (χ1v) is 5.66. The molecule has 2 nitrogen and oxygen atoms in total. The van der Waals surface area contributed by atoms with Crippen LogP contribution in [0.5, 0.6) is 0 Å². The number of hydrogen-bond donors (Lipinski definition) is 1. The molecule has 0 radical (unpaired) electrons. The van der Waals surface area contributed by atoms with Crippen molar-refractivity contribution in [2.45, 2.75) is 6.92 Å². The molecule has 1 aromatic heterocycles. The maximum absolute atomic E-state index is 13.0. The van der Waals surface area contributed by atoms with Gasteiger partial charge in [0.25, 0.3) is 5.91 Å². The molecule has 0 atom stereocenters. The molecule has 0 spiro atoms. The zero-order valence-electron chi connectivity index (χ0n) is 8.66. The summed E-state index contributed by atoms with van der Waals surface area (Å²) in [6.45, 7) is 1.82. The minimum Gasteiger partial charge on any atom is -0.321 e. The monoisotopic (exact) mass is 235 g/mol. The van der Waals surface area contributed by atoms with Crippen LogP contribution in [0, 0.1) is 12.7 Å². The van der Waals surface area contributed by atoms with E-state index in [4.69, 9.17) is 0 Å². The van der Waals surface area contributed by atoms with Gasteiger partial charge in [0, 0.05) is 5.69 Å². The number of nitrogens with one attached hydrogen (secondary N) is 1. The van der Waals surface area contributed by atoms with E-state index in [-0.39, 0.29) is 11.7 Å². The van der Waals surface area contributed by atoms with Crippen molar-refractivity contribution in [1.29, 1.82) is 0 Å². The topological polar surface area (TPSA) is 29.1 Å². The minimum atomic E-state index is -0.355. The second-order valence-electron chi connectivity index (χ2n) is 3.39. The maximum atomic E-state index is 13.0. The number of carbonyl (C=O) groups is 1. The van der Waals surface area contributed by atoms with Crippen LogP contribution in [0.15, 0.2) is 35.7 Å². The van der Waals surface area contributed by atoms with Gasteiger partial charge in [0.15, 0.2) is 0 Å². The van der Waals surface area contributed by atoms with Crippen LogP contribution in [0.3, 0.4) is 0 Å². The molecular formula is C12H10FNOS. The fourth-order valence-corrected chi connectivity index (χ4v) is 1.94. The lowest BCUT2D eigenvalue weighted by molar-refractivity contribution is 0.103. The molecule has 2 aromatic rings. The summed E-state index contributed by atoms with van der Waals surface area (Å²) < 4.78 is 13.0. The van der Waals surface area contributed by atoms with Gasteiger partial charge in [-0.05, 0) is 36.1 Å². The third-order valence-corrected chi connectivity index (χ3v) is 3.06. The highest BCUT2D eigenvalue weighted by atomic mass is 32.1. The van der Waals surface area contributed by atoms with Crippen LogP contribution in [0.4, 0.5) is 10.1 Å². The lowest BCUT2D eigenvalue weighted by Crippen LogP contribution is -2.11. The lowest BCUT2D eigenvalue weighted by Gasteiger charge is -2.06. The predicted octanol–water partition coefficient (Wildman–Crippen LogP) is 3.45. The van der Waals surface area contributed by atoms with Crippen LogP contribution < -0.4 is 5.32 Å². The molecule has 0 bridgehead atoms. The zero-order chi connectivity index (χ0) is 11.5. The molecule has 0 saturated carbocycles. The van der Waals surface area contributed by atoms with Gasteiger partial charge < -0.3 is 5.32 Å². The highest BCUT2D eigenvalue weighted by Gasteiger charge is 2.08. The van der Waals surface area contributed by atoms with E-state index in [0.717, 1.165) is 5.56 Å². The standard InChI is InChI=1S/C12H10FNOS/c1-8-4-5-9(13)7-10(8)14-12(15)11-3-2-6-16-11/h2-7H,1H3,(H,14,15). The Labute approximate surface area is 96.7 Å². The van der Waals surface area contributed by atoms with E-state index < -0.39 is 0 Å². The van der Waals surface area contributed by atoms with Crippen LogP contribution in [-0.4, -0.2) is 5.91 Å². The van der Waals surface area contributed by atoms with Gasteiger partial charge in [0.2, 0.25) is 0 Å². The molecule has 1 aromatic carbocycles. The van der Waals surface area contributed by atoms with Crippen molar-refractivity contribution >= 4 is 22.9 Å². The molecule has 1 N–H and O–H groups in total. The number of carbonyl (C=O) groups excluding carboxylic acids is 1. The Hall–Kier alpha value is -1.68. The second-order valence-corrected chi connectivity index (χ2v) is 4.34. The largest absolute Gasteiger partial charge is 0.321 e. The lowest BCUT2D eigenvalue weighted by atomic mass is 10.2. The SMILES string of the molecule is Cc1ccc(F)cc1NC(=O)c1cccs1. The number of thiophene rings is 1. The molecule has 4 heteroatoms. The zero-order valence-corrected chi connectivity index (χ0v) is 9.48. The Bertz CT molecular complexity index is 508. The van der Waals surface area contributed by atoms with Crippen molar-refractivity contribution in [3.05, 3.63) is 52.0 Å². The van der Waals surface area contributed by atoms with Gasteiger partial charge in [0.05, 0.1) is 4.88 Å². The number of aryl methyl sites for hydroxylation is 1. The van der Waals surface area contributed by atoms with E-state index in [1.54, 1.807) is 18.2 Å². The molecule has 82 valence electrons. The average molecular weight is 235 g/mol. The molecule has 0 unspecified atom stereocenters. The molecule has 16 heavy (non-hydrogen) atoms. The number of benzene rings is 1. The summed E-state index contributed by atoms with van der Waals surface area (Å²) in [7, 11) is 0. The Morgan fingerprint density at radius 2 is 2.19 bits per heavy atom. The van der Waals surface area contributed by atoms with Gasteiger partial charge in [-0.1, -0.05) is 12.1 Å². The third-order valence-electron chi connectivity index (χ3n) is 2.19. The number of hydrogen-bond acceptors (Lipinski definition) is 2. The van der Waals surface area contributed by atoms with Crippen molar-refractivity contribution in [3.8, 4) is 0 Å². The molecule has 0 saturated heterocycles. The summed E-state index contributed by atoms with van der Waals surface area (Å²) in [4.78, 5) is 12.3. The van der Waals surface area contributed by atoms with E-state index in [1.807, 2.05) is 12.3 Å². The Morgan fingerprint density at radius 3 is 2.88 bits per heavy atom. The van der Waals surface area contributed by atoms with Crippen molar-refractivity contribution in [2.75, 3.05) is 5.32 Å². The van der Waals surface area contributed by atoms with E-state index in [9.17, 15) is 9.18 Å². The first-order chi connectivity index (χ1) is 7.66. The van der Waals surface area contributed by atoms with Crippen LogP contribution in [0.2, 0.25) is 0 Å². The Kier molecular flexibility index (Phi) is 3.01. The van der Waals surface area contributed by atoms with Crippen molar-refractivity contribution in [3.63, 3.8) is 0 Å². The van der Waals surface area contributed by atoms with Crippen molar-refractivity contribution in [1.82, 2.24) is 0 Å². The molecule has 0 fully saturated rings. The van der Waals surface area contributed by atoms with E-state index in [1.165, 1.54) is 23.5 Å². The summed E-state index contributed by atoms with van der Waals surface area (Å²) in [6, 6.07) is 7.86. The fraction of sp³-hybridized carbons (Fsp3) is 0.0833. The van der Waals surface area contributed by atoms with Crippen molar-refractivity contribution < 1.29 is 9.18 Å². The van der Waals surface area contributed by atoms with Crippen LogP contribution in [0.1, 0.15) is 15.2 Å². The quantitative estimate of drug-likeness (QED) is 0.848. The summed E-state index contributed by atoms with van der Waals surface area (Å²) in [5.74, 6) is -0.559. The Morgan fingerprint density at radius 1 is 1.38 bits per heavy atom. The van der Waals surface area contributed by atoms with E-state index >= 15 is 0 Å². The predicted molar refractivity (Wildman–Crippen MR) is 63.4 cm³/mol. The highest BCUT2D eigenvalue weighted by Crippen LogP contribution is 2.18. The van der Waals surface area contributed by atoms with Gasteiger partial charge in [-0.15, -0.1) is 11.3 Å². The van der Waals surface area contributed by atoms with Gasteiger partial charge in [-0.25, -0.2) is 4.39 Å². The summed E-state index contributed by atoms with van der Waals surface area (Å²) in [5, 5.41) is 4.51. The molecule has 1 amide bonds. The van der Waals surface area contributed by atoms with Gasteiger partial charge >= 0.3 is 0 Å². The number of amides is 1. The summed E-state index contributed by atoms with van der Waals surface area (Å²) in [6.07, 6.45) is 0. The number of rotatable bonds is 2. The van der Waals surface area contributed by atoms with Crippen LogP contribution in [0.25, 0.3) is 0 Å². The van der Waals surface area contributed by atoms with Crippen LogP contribution >= 0.6 is 11.3 Å². The minimum absolute atomic E-state index is 0.205. The van der Waals surface area contributed by atoms with Gasteiger partial charge in [0.1, 0.15) is 5.82 Å². The summed E-state index contributed by atoms with van der Waals surface area (Å²) in [5.41, 5.74) is 1.35. The first kappa shape index (κ1) is 10.8. The normalized spacial score (nSPS) is 10.1. The highest BCUT2D eigenvalue weighted by molar-refractivity contribution is 7.12. The molecule has 0 aliphatic carbocycles. The number of anilines is 1. The third kappa shape index (κ3) is 2.28. The summed E-state index contributed by atoms with van der Waals surface area (Å²) >= 11 is 1.35. The molecule has 1 heterocycles. The molecular weight excluding hydrogens is 225 g/mol. The Balaban J connectivity index is 2.21. The maximum Gasteiger partial charge on any atom is 0.265 e. The average Bonchev–Trinajstić information content (AvgIpc) is 2.76. The smallest absolute Gasteiger partial charge is 0.265 e. The van der Waals surface area contributed by atoms with Crippen molar-refractivity contribution in [2.24, 2.45) is 0 Å². The van der Waals surface area contributed by atoms with Crippen LogP contribution in [-0.2, 0) is 0 Å². The second kappa shape index (κ2) is 4.45. The fourth-order valence-electron chi connectivity index (χ4n) is 1.32. The molecule has 0 aliphatic heterocycles. The van der Waals surface area contributed by atoms with Gasteiger partial charge in [-0.2, -0.15) is 0 Å².